The molecule has 0 atom stereocenters. The summed E-state index contributed by atoms with van der Waals surface area (Å²) < 4.78 is 16.9. The number of hydrogen-bond acceptors (Lipinski definition) is 4. The third kappa shape index (κ3) is 4.77. The van der Waals surface area contributed by atoms with E-state index in [0.29, 0.717) is 5.75 Å². The highest BCUT2D eigenvalue weighted by molar-refractivity contribution is 5.86. The molecule has 0 unspecified atom stereocenters. The van der Waals surface area contributed by atoms with Crippen molar-refractivity contribution in [3.63, 3.8) is 0 Å². The summed E-state index contributed by atoms with van der Waals surface area (Å²) in [5.41, 5.74) is 5.20. The Morgan fingerprint density at radius 3 is 2.16 bits per heavy atom. The minimum Gasteiger partial charge on any atom is -0.496 e. The molecular weight excluding hydrogens is 392 g/mol. The molecule has 0 saturated carbocycles. The molecule has 0 radical (unpaired) electrons. The van der Waals surface area contributed by atoms with Crippen LogP contribution in [0, 0.1) is 0 Å². The fraction of sp³-hybridized carbons (Fsp3) is 0.423. The lowest BCUT2D eigenvalue weighted by atomic mass is 9.62. The van der Waals surface area contributed by atoms with Crippen LogP contribution in [0.15, 0.2) is 36.4 Å². The molecular formula is C26H32O5. The van der Waals surface area contributed by atoms with Crippen LogP contribution in [0.2, 0.25) is 0 Å². The van der Waals surface area contributed by atoms with Crippen LogP contribution in [0.25, 0.3) is 17.2 Å². The summed E-state index contributed by atoms with van der Waals surface area (Å²) in [4.78, 5) is 11.0. The van der Waals surface area contributed by atoms with Crippen molar-refractivity contribution in [1.82, 2.24) is 0 Å². The van der Waals surface area contributed by atoms with Crippen molar-refractivity contribution in [3.05, 3.63) is 53.1 Å². The lowest BCUT2D eigenvalue weighted by Gasteiger charge is -2.42. The maximum atomic E-state index is 11.0. The molecule has 0 amide bonds. The van der Waals surface area contributed by atoms with Crippen molar-refractivity contribution in [2.45, 2.75) is 51.4 Å². The summed E-state index contributed by atoms with van der Waals surface area (Å²) in [6.45, 7) is 9.25. The average molecular weight is 425 g/mol. The maximum absolute atomic E-state index is 11.0. The van der Waals surface area contributed by atoms with Crippen molar-refractivity contribution >= 4 is 12.0 Å². The van der Waals surface area contributed by atoms with Crippen LogP contribution in [0.4, 0.5) is 0 Å². The quantitative estimate of drug-likeness (QED) is 0.450. The molecule has 5 nitrogen and oxygen atoms in total. The Kier molecular flexibility index (Phi) is 6.46. The Balaban J connectivity index is 2.27. The van der Waals surface area contributed by atoms with Crippen molar-refractivity contribution in [2.24, 2.45) is 0 Å². The van der Waals surface area contributed by atoms with E-state index in [1.165, 1.54) is 11.1 Å². The number of benzene rings is 2. The van der Waals surface area contributed by atoms with Gasteiger partial charge in [0.2, 0.25) is 0 Å². The molecule has 0 spiro atoms. The fourth-order valence-electron chi connectivity index (χ4n) is 4.25. The van der Waals surface area contributed by atoms with Crippen LogP contribution in [0.5, 0.6) is 11.5 Å². The topological polar surface area (TPSA) is 65.0 Å². The van der Waals surface area contributed by atoms with Crippen LogP contribution in [-0.2, 0) is 20.4 Å². The molecule has 0 bridgehead atoms. The molecule has 31 heavy (non-hydrogen) atoms. The molecule has 0 fully saturated rings. The molecule has 0 saturated heterocycles. The van der Waals surface area contributed by atoms with E-state index in [-0.39, 0.29) is 17.6 Å². The van der Waals surface area contributed by atoms with Gasteiger partial charge in [-0.25, -0.2) is 4.79 Å². The van der Waals surface area contributed by atoms with Crippen LogP contribution < -0.4 is 9.47 Å². The Bertz CT molecular complexity index is 1000. The summed E-state index contributed by atoms with van der Waals surface area (Å²) in [6.07, 6.45) is 4.91. The van der Waals surface area contributed by atoms with Gasteiger partial charge in [0.1, 0.15) is 11.5 Å². The normalized spacial score (nSPS) is 16.7. The van der Waals surface area contributed by atoms with Gasteiger partial charge < -0.3 is 19.3 Å². The summed E-state index contributed by atoms with van der Waals surface area (Å²) in [5, 5.41) is 9.00. The van der Waals surface area contributed by atoms with E-state index < -0.39 is 5.97 Å². The van der Waals surface area contributed by atoms with Crippen LogP contribution in [0.1, 0.15) is 57.2 Å². The van der Waals surface area contributed by atoms with E-state index in [1.54, 1.807) is 20.3 Å². The fourth-order valence-corrected chi connectivity index (χ4v) is 4.25. The predicted octanol–water partition coefficient (Wildman–Crippen LogP) is 5.79. The van der Waals surface area contributed by atoms with Gasteiger partial charge in [-0.15, -0.1) is 0 Å². The Hall–Kier alpha value is -2.79. The minimum atomic E-state index is -0.987. The van der Waals surface area contributed by atoms with E-state index in [2.05, 4.69) is 39.8 Å². The van der Waals surface area contributed by atoms with Gasteiger partial charge in [-0.3, -0.25) is 0 Å². The number of aliphatic carboxylic acids is 1. The minimum absolute atomic E-state index is 0.0352. The van der Waals surface area contributed by atoms with Crippen LogP contribution >= 0.6 is 0 Å². The third-order valence-electron chi connectivity index (χ3n) is 6.22. The van der Waals surface area contributed by atoms with Crippen LogP contribution in [0.3, 0.4) is 0 Å². The van der Waals surface area contributed by atoms with Crippen molar-refractivity contribution in [1.29, 1.82) is 0 Å². The summed E-state index contributed by atoms with van der Waals surface area (Å²) >= 11 is 0. The van der Waals surface area contributed by atoms with Crippen molar-refractivity contribution in [2.75, 3.05) is 21.0 Å². The second-order valence-electron chi connectivity index (χ2n) is 9.34. The van der Waals surface area contributed by atoms with Gasteiger partial charge in [0, 0.05) is 24.3 Å². The van der Waals surface area contributed by atoms with Gasteiger partial charge in [0.05, 0.1) is 7.11 Å². The molecule has 0 heterocycles. The molecule has 5 heteroatoms. The van der Waals surface area contributed by atoms with Gasteiger partial charge in [-0.2, -0.15) is 0 Å². The highest BCUT2D eigenvalue weighted by Crippen LogP contribution is 2.50. The molecule has 1 aliphatic rings. The van der Waals surface area contributed by atoms with Gasteiger partial charge in [-0.1, -0.05) is 33.8 Å². The second-order valence-corrected chi connectivity index (χ2v) is 9.34. The van der Waals surface area contributed by atoms with Crippen LogP contribution in [-0.4, -0.2) is 32.1 Å². The largest absolute Gasteiger partial charge is 0.496 e. The molecule has 2 aromatic rings. The molecule has 3 rings (SSSR count). The first kappa shape index (κ1) is 22.9. The predicted molar refractivity (Wildman–Crippen MR) is 123 cm³/mol. The average Bonchev–Trinajstić information content (AvgIpc) is 2.73. The number of hydrogen-bond donors (Lipinski definition) is 1. The summed E-state index contributed by atoms with van der Waals surface area (Å²) in [6, 6.07) is 9.97. The SMILES string of the molecule is COCOc1cc2c(cc1-c1cc(/C=C/C(=O)O)ccc1OC)C(C)(C)CCC2(C)C. The highest BCUT2D eigenvalue weighted by Gasteiger charge is 2.38. The van der Waals surface area contributed by atoms with E-state index in [9.17, 15) is 4.79 Å². The first-order valence-electron chi connectivity index (χ1n) is 10.5. The smallest absolute Gasteiger partial charge is 0.328 e. The number of methoxy groups -OCH3 is 2. The zero-order valence-corrected chi connectivity index (χ0v) is 19.2. The Morgan fingerprint density at radius 1 is 0.968 bits per heavy atom. The molecule has 2 aromatic carbocycles. The monoisotopic (exact) mass is 424 g/mol. The Labute approximate surface area is 184 Å². The molecule has 1 aliphatic carbocycles. The van der Waals surface area contributed by atoms with Crippen molar-refractivity contribution in [3.8, 4) is 22.6 Å². The lowest BCUT2D eigenvalue weighted by molar-refractivity contribution is -0.131. The highest BCUT2D eigenvalue weighted by atomic mass is 16.7. The molecule has 0 aliphatic heterocycles. The third-order valence-corrected chi connectivity index (χ3v) is 6.22. The molecule has 166 valence electrons. The zero-order chi connectivity index (χ0) is 22.8. The summed E-state index contributed by atoms with van der Waals surface area (Å²) in [7, 11) is 3.23. The molecule has 0 aromatic heterocycles. The Morgan fingerprint density at radius 2 is 1.58 bits per heavy atom. The lowest BCUT2D eigenvalue weighted by Crippen LogP contribution is -2.34. The maximum Gasteiger partial charge on any atom is 0.328 e. The number of fused-ring (bicyclic) bond motifs is 1. The number of carboxylic acids is 1. The van der Waals surface area contributed by atoms with E-state index in [1.807, 2.05) is 18.2 Å². The standard InChI is InChI=1S/C26H32O5/c1-25(2)11-12-26(3,4)21-15-23(31-16-29-5)19(14-20(21)25)18-13-17(8-10-24(27)28)7-9-22(18)30-6/h7-10,13-15H,11-12,16H2,1-6H3,(H,27,28)/b10-8+. The number of carboxylic acid groups (broad SMARTS) is 1. The van der Waals surface area contributed by atoms with Gasteiger partial charge in [-0.05, 0) is 70.7 Å². The van der Waals surface area contributed by atoms with Crippen molar-refractivity contribution < 1.29 is 24.1 Å². The number of ether oxygens (including phenoxy) is 3. The second kappa shape index (κ2) is 8.75. The number of rotatable bonds is 7. The van der Waals surface area contributed by atoms with E-state index in [4.69, 9.17) is 19.3 Å². The summed E-state index contributed by atoms with van der Waals surface area (Å²) in [5.74, 6) is 0.436. The number of carbonyl (C=O) groups is 1. The van der Waals surface area contributed by atoms with E-state index >= 15 is 0 Å². The zero-order valence-electron chi connectivity index (χ0n) is 19.2. The van der Waals surface area contributed by atoms with Gasteiger partial charge in [0.25, 0.3) is 0 Å². The van der Waals surface area contributed by atoms with Gasteiger partial charge >= 0.3 is 5.97 Å². The first-order valence-corrected chi connectivity index (χ1v) is 10.5. The first-order chi connectivity index (χ1) is 14.6. The molecule has 1 N–H and O–H groups in total. The van der Waals surface area contributed by atoms with Gasteiger partial charge in [0.15, 0.2) is 6.79 Å². The van der Waals surface area contributed by atoms with E-state index in [0.717, 1.165) is 41.4 Å².